The van der Waals surface area contributed by atoms with E-state index in [4.69, 9.17) is 11.6 Å². The Morgan fingerprint density at radius 1 is 1.25 bits per heavy atom. The highest BCUT2D eigenvalue weighted by Crippen LogP contribution is 2.31. The van der Waals surface area contributed by atoms with Crippen molar-refractivity contribution in [3.63, 3.8) is 0 Å². The fourth-order valence-electron chi connectivity index (χ4n) is 2.07. The first kappa shape index (κ1) is 16.6. The number of fused-ring (bicyclic) bond motifs is 1. The minimum absolute atomic E-state index is 0.138. The Bertz CT molecular complexity index is 1070. The molecule has 0 fully saturated rings. The van der Waals surface area contributed by atoms with E-state index in [1.807, 2.05) is 0 Å². The summed E-state index contributed by atoms with van der Waals surface area (Å²) in [7, 11) is -4.05. The van der Waals surface area contributed by atoms with E-state index in [9.17, 15) is 18.5 Å². The van der Waals surface area contributed by atoms with Gasteiger partial charge in [0.25, 0.3) is 15.7 Å². The standard InChI is InChI=1S/C13H9ClN4O4S2/c1-7-2-5-10-13(16-23-15-10)12(7)17-24(21,22)8-3-4-9(14)11(6-8)18(19)20/h2-6,17H,1H3. The lowest BCUT2D eigenvalue weighted by Gasteiger charge is -2.11. The number of aryl methyl sites for hydroxylation is 1. The van der Waals surface area contributed by atoms with Gasteiger partial charge in [0.05, 0.1) is 27.2 Å². The van der Waals surface area contributed by atoms with Gasteiger partial charge in [-0.05, 0) is 30.7 Å². The number of nitrogens with zero attached hydrogens (tertiary/aromatic N) is 3. The van der Waals surface area contributed by atoms with Crippen LogP contribution in [0.1, 0.15) is 5.56 Å². The van der Waals surface area contributed by atoms with Gasteiger partial charge in [-0.25, -0.2) is 8.42 Å². The number of anilines is 1. The summed E-state index contributed by atoms with van der Waals surface area (Å²) in [6, 6.07) is 6.74. The van der Waals surface area contributed by atoms with E-state index >= 15 is 0 Å². The molecule has 0 aliphatic heterocycles. The maximum atomic E-state index is 12.6. The minimum atomic E-state index is -4.05. The van der Waals surface area contributed by atoms with Crippen LogP contribution in [-0.4, -0.2) is 22.1 Å². The molecule has 3 rings (SSSR count). The van der Waals surface area contributed by atoms with E-state index in [1.165, 1.54) is 12.1 Å². The molecule has 1 N–H and O–H groups in total. The molecule has 124 valence electrons. The lowest BCUT2D eigenvalue weighted by atomic mass is 10.2. The summed E-state index contributed by atoms with van der Waals surface area (Å²) in [6.45, 7) is 1.72. The van der Waals surface area contributed by atoms with Crippen LogP contribution in [0.5, 0.6) is 0 Å². The molecule has 0 unspecified atom stereocenters. The number of hydrogen-bond acceptors (Lipinski definition) is 7. The van der Waals surface area contributed by atoms with Gasteiger partial charge in [0.1, 0.15) is 16.1 Å². The minimum Gasteiger partial charge on any atom is -0.277 e. The fraction of sp³-hybridized carbons (Fsp3) is 0.0769. The van der Waals surface area contributed by atoms with Crippen molar-refractivity contribution in [1.82, 2.24) is 8.75 Å². The van der Waals surface area contributed by atoms with Crippen molar-refractivity contribution in [3.05, 3.63) is 51.0 Å². The van der Waals surface area contributed by atoms with Crippen LogP contribution in [0.3, 0.4) is 0 Å². The maximum absolute atomic E-state index is 12.6. The molecule has 0 aliphatic rings. The fourth-order valence-corrected chi connectivity index (χ4v) is 3.96. The van der Waals surface area contributed by atoms with Crippen LogP contribution in [0.15, 0.2) is 35.2 Å². The van der Waals surface area contributed by atoms with Crippen LogP contribution in [0, 0.1) is 17.0 Å². The zero-order valence-corrected chi connectivity index (χ0v) is 14.4. The lowest BCUT2D eigenvalue weighted by molar-refractivity contribution is -0.384. The number of nitro benzene ring substituents is 1. The van der Waals surface area contributed by atoms with Crippen LogP contribution in [0.25, 0.3) is 11.0 Å². The highest BCUT2D eigenvalue weighted by molar-refractivity contribution is 7.92. The van der Waals surface area contributed by atoms with Gasteiger partial charge in [0, 0.05) is 6.07 Å². The largest absolute Gasteiger partial charge is 0.289 e. The van der Waals surface area contributed by atoms with Gasteiger partial charge in [-0.2, -0.15) is 8.75 Å². The molecule has 24 heavy (non-hydrogen) atoms. The number of halogens is 1. The molecule has 11 heteroatoms. The Morgan fingerprint density at radius 3 is 2.71 bits per heavy atom. The number of rotatable bonds is 4. The van der Waals surface area contributed by atoms with E-state index in [0.29, 0.717) is 22.3 Å². The third-order valence-corrected chi connectivity index (χ3v) is 5.51. The first-order valence-electron chi connectivity index (χ1n) is 6.48. The van der Waals surface area contributed by atoms with Crippen LogP contribution in [0.4, 0.5) is 11.4 Å². The van der Waals surface area contributed by atoms with Gasteiger partial charge in [-0.3, -0.25) is 14.8 Å². The lowest BCUT2D eigenvalue weighted by Crippen LogP contribution is -2.14. The monoisotopic (exact) mass is 384 g/mol. The second kappa shape index (κ2) is 5.96. The summed E-state index contributed by atoms with van der Waals surface area (Å²) in [5.74, 6) is 0. The molecule has 0 aliphatic carbocycles. The van der Waals surface area contributed by atoms with Gasteiger partial charge >= 0.3 is 0 Å². The molecule has 1 heterocycles. The van der Waals surface area contributed by atoms with Gasteiger partial charge in [0.2, 0.25) is 0 Å². The van der Waals surface area contributed by atoms with Crippen molar-refractivity contribution in [1.29, 1.82) is 0 Å². The number of sulfonamides is 1. The van der Waals surface area contributed by atoms with Gasteiger partial charge < -0.3 is 0 Å². The topological polar surface area (TPSA) is 115 Å². The van der Waals surface area contributed by atoms with Crippen molar-refractivity contribution in [2.45, 2.75) is 11.8 Å². The third kappa shape index (κ3) is 2.90. The Balaban J connectivity index is 2.09. The van der Waals surface area contributed by atoms with Crippen molar-refractivity contribution >= 4 is 55.8 Å². The van der Waals surface area contributed by atoms with E-state index in [0.717, 1.165) is 17.8 Å². The molecule has 8 nitrogen and oxygen atoms in total. The second-order valence-corrected chi connectivity index (χ2v) is 7.48. The highest BCUT2D eigenvalue weighted by Gasteiger charge is 2.22. The van der Waals surface area contributed by atoms with Crippen molar-refractivity contribution < 1.29 is 13.3 Å². The van der Waals surface area contributed by atoms with Gasteiger partial charge in [-0.15, -0.1) is 0 Å². The molecule has 0 radical (unpaired) electrons. The molecule has 0 saturated carbocycles. The summed E-state index contributed by atoms with van der Waals surface area (Å²) in [5, 5.41) is 10.8. The quantitative estimate of drug-likeness (QED) is 0.544. The summed E-state index contributed by atoms with van der Waals surface area (Å²) in [6.07, 6.45) is 0. The van der Waals surface area contributed by atoms with E-state index in [1.54, 1.807) is 19.1 Å². The average molecular weight is 385 g/mol. The predicted molar refractivity (Wildman–Crippen MR) is 91.1 cm³/mol. The first-order chi connectivity index (χ1) is 11.3. The molecular weight excluding hydrogens is 376 g/mol. The number of hydrogen-bond donors (Lipinski definition) is 1. The highest BCUT2D eigenvalue weighted by atomic mass is 35.5. The molecular formula is C13H9ClN4O4S2. The summed E-state index contributed by atoms with van der Waals surface area (Å²) in [5.41, 5.74) is 1.45. The smallest absolute Gasteiger partial charge is 0.277 e. The average Bonchev–Trinajstić information content (AvgIpc) is 2.99. The molecule has 3 aromatic rings. The molecule has 2 aromatic carbocycles. The molecule has 0 saturated heterocycles. The zero-order chi connectivity index (χ0) is 17.5. The van der Waals surface area contributed by atoms with Gasteiger partial charge in [-0.1, -0.05) is 17.7 Å². The zero-order valence-electron chi connectivity index (χ0n) is 12.1. The van der Waals surface area contributed by atoms with Crippen LogP contribution in [-0.2, 0) is 10.0 Å². The van der Waals surface area contributed by atoms with E-state index < -0.39 is 20.6 Å². The van der Waals surface area contributed by atoms with E-state index in [-0.39, 0.29) is 9.92 Å². The summed E-state index contributed by atoms with van der Waals surface area (Å²) in [4.78, 5) is 9.94. The molecule has 0 spiro atoms. The number of benzene rings is 2. The number of nitrogens with one attached hydrogen (secondary N) is 1. The second-order valence-electron chi connectivity index (χ2n) is 4.87. The van der Waals surface area contributed by atoms with Crippen molar-refractivity contribution in [2.75, 3.05) is 4.72 Å². The molecule has 0 bridgehead atoms. The maximum Gasteiger partial charge on any atom is 0.289 e. The summed E-state index contributed by atoms with van der Waals surface area (Å²) >= 11 is 6.68. The third-order valence-electron chi connectivity index (χ3n) is 3.30. The molecule has 1 aromatic heterocycles. The molecule has 0 amide bonds. The predicted octanol–water partition coefficient (Wildman–Crippen LogP) is 3.36. The summed E-state index contributed by atoms with van der Waals surface area (Å²) < 4.78 is 35.7. The first-order valence-corrected chi connectivity index (χ1v) is 9.07. The Kier molecular flexibility index (Phi) is 4.11. The van der Waals surface area contributed by atoms with Crippen LogP contribution < -0.4 is 4.72 Å². The number of nitro groups is 1. The Hall–Kier alpha value is -2.30. The van der Waals surface area contributed by atoms with Crippen molar-refractivity contribution in [3.8, 4) is 0 Å². The van der Waals surface area contributed by atoms with Crippen LogP contribution >= 0.6 is 23.3 Å². The Morgan fingerprint density at radius 2 is 2.00 bits per heavy atom. The SMILES string of the molecule is Cc1ccc2nsnc2c1NS(=O)(=O)c1ccc(Cl)c([N+](=O)[O-])c1. The normalized spacial score (nSPS) is 11.6. The molecule has 0 atom stereocenters. The number of aromatic nitrogens is 2. The van der Waals surface area contributed by atoms with Gasteiger partial charge in [0.15, 0.2) is 0 Å². The Labute approximate surface area is 145 Å². The van der Waals surface area contributed by atoms with Crippen molar-refractivity contribution in [2.24, 2.45) is 0 Å². The van der Waals surface area contributed by atoms with E-state index in [2.05, 4.69) is 13.5 Å². The van der Waals surface area contributed by atoms with Crippen LogP contribution in [0.2, 0.25) is 5.02 Å².